The topological polar surface area (TPSA) is 39.6 Å². The highest BCUT2D eigenvalue weighted by molar-refractivity contribution is 5.41. The van der Waals surface area contributed by atoms with Gasteiger partial charge in [0.1, 0.15) is 5.82 Å². The first-order valence-corrected chi connectivity index (χ1v) is 6.58. The molecular weight excluding hydrogens is 226 g/mol. The maximum Gasteiger partial charge on any atom is 0.128 e. The summed E-state index contributed by atoms with van der Waals surface area (Å²) in [7, 11) is 4.17. The van der Waals surface area contributed by atoms with E-state index in [4.69, 9.17) is 0 Å². The number of nitrogens with zero attached hydrogens (tertiary/aromatic N) is 3. The normalized spacial score (nSPS) is 12.8. The molecule has 4 nitrogen and oxygen atoms in total. The molecule has 0 radical (unpaired) electrons. The molecule has 0 aliphatic rings. The van der Waals surface area contributed by atoms with Gasteiger partial charge in [-0.2, -0.15) is 0 Å². The van der Waals surface area contributed by atoms with Gasteiger partial charge in [-0.3, -0.25) is 0 Å². The van der Waals surface area contributed by atoms with Crippen LogP contribution in [0.25, 0.3) is 0 Å². The maximum atomic E-state index is 9.60. The molecule has 0 amide bonds. The van der Waals surface area contributed by atoms with Crippen molar-refractivity contribution in [3.63, 3.8) is 0 Å². The van der Waals surface area contributed by atoms with Crippen molar-refractivity contribution in [2.75, 3.05) is 38.6 Å². The van der Waals surface area contributed by atoms with Crippen molar-refractivity contribution in [1.82, 2.24) is 9.88 Å². The zero-order valence-electron chi connectivity index (χ0n) is 11.9. The van der Waals surface area contributed by atoms with Gasteiger partial charge in [-0.05, 0) is 58.6 Å². The van der Waals surface area contributed by atoms with Crippen molar-refractivity contribution in [2.45, 2.75) is 26.4 Å². The minimum Gasteiger partial charge on any atom is -0.389 e. The summed E-state index contributed by atoms with van der Waals surface area (Å²) >= 11 is 0. The van der Waals surface area contributed by atoms with Gasteiger partial charge in [-0.25, -0.2) is 4.98 Å². The number of hydrogen-bond acceptors (Lipinski definition) is 4. The smallest absolute Gasteiger partial charge is 0.128 e. The number of aliphatic hydroxyl groups excluding tert-OH is 1. The van der Waals surface area contributed by atoms with Crippen molar-refractivity contribution in [3.8, 4) is 0 Å². The highest BCUT2D eigenvalue weighted by atomic mass is 16.3. The van der Waals surface area contributed by atoms with E-state index in [2.05, 4.69) is 35.8 Å². The Morgan fingerprint density at radius 1 is 1.33 bits per heavy atom. The van der Waals surface area contributed by atoms with Gasteiger partial charge in [0.15, 0.2) is 0 Å². The highest BCUT2D eigenvalue weighted by Gasteiger charge is 2.08. The van der Waals surface area contributed by atoms with Crippen LogP contribution in [0.2, 0.25) is 0 Å². The molecule has 1 aromatic rings. The van der Waals surface area contributed by atoms with Gasteiger partial charge in [-0.15, -0.1) is 0 Å². The van der Waals surface area contributed by atoms with Gasteiger partial charge < -0.3 is 14.9 Å². The fourth-order valence-electron chi connectivity index (χ4n) is 1.88. The maximum absolute atomic E-state index is 9.60. The second kappa shape index (κ2) is 7.34. The van der Waals surface area contributed by atoms with Crippen LogP contribution in [-0.4, -0.2) is 48.7 Å². The number of aromatic nitrogens is 1. The second-order valence-electron chi connectivity index (χ2n) is 4.86. The van der Waals surface area contributed by atoms with E-state index in [0.29, 0.717) is 0 Å². The average molecular weight is 251 g/mol. The van der Waals surface area contributed by atoms with Crippen molar-refractivity contribution in [3.05, 3.63) is 23.9 Å². The summed E-state index contributed by atoms with van der Waals surface area (Å²) < 4.78 is 0. The van der Waals surface area contributed by atoms with Crippen LogP contribution in [-0.2, 0) is 0 Å². The summed E-state index contributed by atoms with van der Waals surface area (Å²) in [5, 5.41) is 9.60. The number of anilines is 1. The molecule has 0 spiro atoms. The molecule has 0 aliphatic carbocycles. The van der Waals surface area contributed by atoms with Crippen LogP contribution in [0, 0.1) is 0 Å². The molecule has 1 N–H and O–H groups in total. The molecule has 0 fully saturated rings. The third-order valence-electron chi connectivity index (χ3n) is 2.99. The lowest BCUT2D eigenvalue weighted by molar-refractivity contribution is 0.199. The Hall–Kier alpha value is -1.13. The molecule has 1 aromatic heterocycles. The number of rotatable bonds is 7. The van der Waals surface area contributed by atoms with Crippen LogP contribution in [0.1, 0.15) is 31.9 Å². The van der Waals surface area contributed by atoms with Crippen LogP contribution in [0.5, 0.6) is 0 Å². The molecular formula is C14H25N3O. The van der Waals surface area contributed by atoms with Crippen LogP contribution < -0.4 is 4.90 Å². The third-order valence-corrected chi connectivity index (χ3v) is 2.99. The quantitative estimate of drug-likeness (QED) is 0.803. The predicted octanol–water partition coefficient (Wildman–Crippen LogP) is 1.91. The van der Waals surface area contributed by atoms with Crippen molar-refractivity contribution < 1.29 is 5.11 Å². The Bertz CT molecular complexity index is 353. The van der Waals surface area contributed by atoms with E-state index >= 15 is 0 Å². The van der Waals surface area contributed by atoms with Crippen LogP contribution >= 0.6 is 0 Å². The van der Waals surface area contributed by atoms with Crippen molar-refractivity contribution >= 4 is 5.82 Å². The van der Waals surface area contributed by atoms with Gasteiger partial charge in [0.05, 0.1) is 6.10 Å². The first kappa shape index (κ1) is 14.9. The van der Waals surface area contributed by atoms with Gasteiger partial charge in [-0.1, -0.05) is 0 Å². The fourth-order valence-corrected chi connectivity index (χ4v) is 1.88. The molecule has 1 atom stereocenters. The largest absolute Gasteiger partial charge is 0.389 e. The monoisotopic (exact) mass is 251 g/mol. The summed E-state index contributed by atoms with van der Waals surface area (Å²) in [5.74, 6) is 0.953. The Labute approximate surface area is 110 Å². The van der Waals surface area contributed by atoms with Gasteiger partial charge in [0.25, 0.3) is 0 Å². The summed E-state index contributed by atoms with van der Waals surface area (Å²) in [5.41, 5.74) is 0.922. The lowest BCUT2D eigenvalue weighted by Crippen LogP contribution is -2.27. The van der Waals surface area contributed by atoms with Crippen molar-refractivity contribution in [1.29, 1.82) is 0 Å². The first-order chi connectivity index (χ1) is 8.54. The number of pyridine rings is 1. The molecule has 102 valence electrons. The molecule has 1 rings (SSSR count). The average Bonchev–Trinajstić information content (AvgIpc) is 2.34. The minimum absolute atomic E-state index is 0.438. The molecule has 0 aromatic carbocycles. The molecule has 0 saturated heterocycles. The van der Waals surface area contributed by atoms with Crippen LogP contribution in [0.4, 0.5) is 5.82 Å². The van der Waals surface area contributed by atoms with E-state index in [1.165, 1.54) is 0 Å². The Kier molecular flexibility index (Phi) is 6.09. The lowest BCUT2D eigenvalue weighted by atomic mass is 10.1. The second-order valence-corrected chi connectivity index (χ2v) is 4.86. The number of hydrogen-bond donors (Lipinski definition) is 1. The van der Waals surface area contributed by atoms with Crippen molar-refractivity contribution in [2.24, 2.45) is 0 Å². The third kappa shape index (κ3) is 4.63. The minimum atomic E-state index is -0.438. The summed E-state index contributed by atoms with van der Waals surface area (Å²) in [4.78, 5) is 8.83. The van der Waals surface area contributed by atoms with E-state index < -0.39 is 6.10 Å². The van der Waals surface area contributed by atoms with Crippen LogP contribution in [0.15, 0.2) is 18.3 Å². The van der Waals surface area contributed by atoms with E-state index in [1.807, 2.05) is 12.1 Å². The molecule has 4 heteroatoms. The molecule has 0 bridgehead atoms. The summed E-state index contributed by atoms with van der Waals surface area (Å²) in [6.45, 7) is 6.91. The zero-order valence-corrected chi connectivity index (χ0v) is 11.9. The van der Waals surface area contributed by atoms with E-state index in [9.17, 15) is 5.11 Å². The summed E-state index contributed by atoms with van der Waals surface area (Å²) in [6, 6.07) is 3.84. The molecule has 0 saturated carbocycles. The Morgan fingerprint density at radius 3 is 2.61 bits per heavy atom. The highest BCUT2D eigenvalue weighted by Crippen LogP contribution is 2.17. The van der Waals surface area contributed by atoms with Gasteiger partial charge in [0.2, 0.25) is 0 Å². The predicted molar refractivity (Wildman–Crippen MR) is 75.9 cm³/mol. The standard InChI is InChI=1S/C14H25N3O/c1-5-17(10-6-9-16(3)4)14-11-13(12(2)18)7-8-15-14/h7-8,11-12,18H,5-6,9-10H2,1-4H3. The Morgan fingerprint density at radius 2 is 2.06 bits per heavy atom. The molecule has 18 heavy (non-hydrogen) atoms. The zero-order chi connectivity index (χ0) is 13.5. The SMILES string of the molecule is CCN(CCCN(C)C)c1cc(C(C)O)ccn1. The number of aliphatic hydroxyl groups is 1. The van der Waals surface area contributed by atoms with E-state index in [0.717, 1.165) is 37.4 Å². The van der Waals surface area contributed by atoms with Crippen LogP contribution in [0.3, 0.4) is 0 Å². The Balaban J connectivity index is 2.66. The van der Waals surface area contributed by atoms with E-state index in [-0.39, 0.29) is 0 Å². The van der Waals surface area contributed by atoms with E-state index in [1.54, 1.807) is 13.1 Å². The van der Waals surface area contributed by atoms with Gasteiger partial charge >= 0.3 is 0 Å². The fraction of sp³-hybridized carbons (Fsp3) is 0.643. The molecule has 1 unspecified atom stereocenters. The molecule has 0 aliphatic heterocycles. The first-order valence-electron chi connectivity index (χ1n) is 6.58. The molecule has 1 heterocycles. The van der Waals surface area contributed by atoms with Gasteiger partial charge in [0, 0.05) is 19.3 Å². The summed E-state index contributed by atoms with van der Waals surface area (Å²) in [6.07, 6.45) is 2.44. The lowest BCUT2D eigenvalue weighted by Gasteiger charge is -2.23.